The molecule has 0 aliphatic heterocycles. The highest BCUT2D eigenvalue weighted by atomic mass is 35.5. The molecule has 0 aliphatic carbocycles. The highest BCUT2D eigenvalue weighted by Gasteiger charge is 2.14. The Morgan fingerprint density at radius 2 is 2.28 bits per heavy atom. The number of thiocarbonyl (C=S) groups is 1. The first kappa shape index (κ1) is 13.2. The van der Waals surface area contributed by atoms with Gasteiger partial charge in [0.25, 0.3) is 0 Å². The number of aromatic nitrogens is 3. The Morgan fingerprint density at radius 3 is 2.89 bits per heavy atom. The van der Waals surface area contributed by atoms with Gasteiger partial charge in [-0.25, -0.2) is 9.97 Å². The number of hydrogen-bond donors (Lipinski definition) is 1. The van der Waals surface area contributed by atoms with E-state index in [2.05, 4.69) is 28.4 Å². The van der Waals surface area contributed by atoms with E-state index in [4.69, 9.17) is 29.6 Å². The van der Waals surface area contributed by atoms with Gasteiger partial charge in [0.05, 0.1) is 10.0 Å². The average Bonchev–Trinajstić information content (AvgIpc) is 2.64. The van der Waals surface area contributed by atoms with Gasteiger partial charge in [-0.2, -0.15) is 0 Å². The van der Waals surface area contributed by atoms with Crippen molar-refractivity contribution < 1.29 is 0 Å². The molecule has 0 radical (unpaired) electrons. The minimum atomic E-state index is 0.310. The van der Waals surface area contributed by atoms with Crippen molar-refractivity contribution in [3.05, 3.63) is 23.1 Å². The summed E-state index contributed by atoms with van der Waals surface area (Å²) in [7, 11) is 0. The molecule has 0 amide bonds. The Kier molecular flexibility index (Phi) is 3.82. The molecule has 0 unspecified atom stereocenters. The van der Waals surface area contributed by atoms with Crippen LogP contribution in [0.25, 0.3) is 11.2 Å². The van der Waals surface area contributed by atoms with E-state index in [1.54, 1.807) is 6.20 Å². The lowest BCUT2D eigenvalue weighted by molar-refractivity contribution is 0.645. The van der Waals surface area contributed by atoms with Crippen LogP contribution in [-0.2, 0) is 6.54 Å². The van der Waals surface area contributed by atoms with E-state index in [-0.39, 0.29) is 0 Å². The monoisotopic (exact) mass is 282 g/mol. The Labute approximate surface area is 116 Å². The van der Waals surface area contributed by atoms with Crippen LogP contribution in [0.1, 0.15) is 32.0 Å². The zero-order valence-corrected chi connectivity index (χ0v) is 11.9. The van der Waals surface area contributed by atoms with Crippen LogP contribution in [0.5, 0.6) is 0 Å². The molecule has 0 fully saturated rings. The fourth-order valence-electron chi connectivity index (χ4n) is 1.89. The molecule has 0 bridgehead atoms. The van der Waals surface area contributed by atoms with Crippen LogP contribution in [0.4, 0.5) is 0 Å². The first-order valence-electron chi connectivity index (χ1n) is 5.79. The normalized spacial score (nSPS) is 11.3. The number of imidazole rings is 1. The lowest BCUT2D eigenvalue weighted by atomic mass is 10.2. The van der Waals surface area contributed by atoms with Gasteiger partial charge in [-0.15, -0.1) is 0 Å². The molecule has 6 heteroatoms. The number of aryl methyl sites for hydroxylation is 1. The van der Waals surface area contributed by atoms with Gasteiger partial charge < -0.3 is 10.3 Å². The van der Waals surface area contributed by atoms with E-state index in [0.29, 0.717) is 28.9 Å². The molecule has 0 aromatic carbocycles. The highest BCUT2D eigenvalue weighted by Crippen LogP contribution is 2.22. The third kappa shape index (κ3) is 2.62. The summed E-state index contributed by atoms with van der Waals surface area (Å²) in [5.74, 6) is 1.29. The number of fused-ring (bicyclic) bond motifs is 1. The molecule has 0 spiro atoms. The molecule has 96 valence electrons. The number of halogens is 1. The summed E-state index contributed by atoms with van der Waals surface area (Å²) in [6, 6.07) is 1.83. The fourth-order valence-corrected chi connectivity index (χ4v) is 2.13. The first-order chi connectivity index (χ1) is 8.49. The lowest BCUT2D eigenvalue weighted by Gasteiger charge is -2.10. The van der Waals surface area contributed by atoms with Crippen LogP contribution in [-0.4, -0.2) is 19.5 Å². The molecule has 2 heterocycles. The van der Waals surface area contributed by atoms with E-state index in [1.165, 1.54) is 0 Å². The summed E-state index contributed by atoms with van der Waals surface area (Å²) in [6.45, 7) is 4.90. The van der Waals surface area contributed by atoms with Crippen molar-refractivity contribution in [1.29, 1.82) is 0 Å². The van der Waals surface area contributed by atoms with Gasteiger partial charge in [0.2, 0.25) is 0 Å². The summed E-state index contributed by atoms with van der Waals surface area (Å²) in [5.41, 5.74) is 7.21. The topological polar surface area (TPSA) is 56.7 Å². The van der Waals surface area contributed by atoms with E-state index in [1.807, 2.05) is 6.07 Å². The zero-order chi connectivity index (χ0) is 13.3. The number of nitrogens with two attached hydrogens (primary N) is 1. The third-order valence-electron chi connectivity index (χ3n) is 2.68. The second kappa shape index (κ2) is 5.20. The molecule has 0 aliphatic rings. The second-order valence-corrected chi connectivity index (χ2v) is 5.45. The minimum absolute atomic E-state index is 0.310. The van der Waals surface area contributed by atoms with E-state index in [0.717, 1.165) is 17.0 Å². The predicted molar refractivity (Wildman–Crippen MR) is 78.0 cm³/mol. The van der Waals surface area contributed by atoms with Crippen molar-refractivity contribution in [2.45, 2.75) is 32.7 Å². The van der Waals surface area contributed by atoms with Gasteiger partial charge in [0.1, 0.15) is 11.3 Å². The van der Waals surface area contributed by atoms with Crippen molar-refractivity contribution in [3.8, 4) is 0 Å². The number of rotatable bonds is 4. The van der Waals surface area contributed by atoms with Crippen molar-refractivity contribution in [2.24, 2.45) is 5.73 Å². The highest BCUT2D eigenvalue weighted by molar-refractivity contribution is 7.80. The first-order valence-corrected chi connectivity index (χ1v) is 6.57. The number of nitrogens with zero attached hydrogens (tertiary/aromatic N) is 3. The van der Waals surface area contributed by atoms with E-state index < -0.39 is 0 Å². The maximum Gasteiger partial charge on any atom is 0.160 e. The fraction of sp³-hybridized carbons (Fsp3) is 0.417. The Balaban J connectivity index is 2.52. The summed E-state index contributed by atoms with van der Waals surface area (Å²) >= 11 is 10.9. The summed E-state index contributed by atoms with van der Waals surface area (Å²) < 4.78 is 2.06. The Morgan fingerprint density at radius 1 is 1.56 bits per heavy atom. The quantitative estimate of drug-likeness (QED) is 0.876. The second-order valence-electron chi connectivity index (χ2n) is 4.49. The Hall–Kier alpha value is -1.20. The molecule has 2 N–H and O–H groups in total. The number of pyridine rings is 1. The molecule has 2 aromatic heterocycles. The van der Waals surface area contributed by atoms with Gasteiger partial charge in [0, 0.05) is 25.1 Å². The summed E-state index contributed by atoms with van der Waals surface area (Å²) in [5, 5.41) is 0.594. The smallest absolute Gasteiger partial charge is 0.160 e. The largest absolute Gasteiger partial charge is 0.393 e. The van der Waals surface area contributed by atoms with Gasteiger partial charge >= 0.3 is 0 Å². The molecule has 2 rings (SSSR count). The van der Waals surface area contributed by atoms with Gasteiger partial charge in [-0.1, -0.05) is 37.7 Å². The predicted octanol–water partition coefficient (Wildman–Crippen LogP) is 2.88. The summed E-state index contributed by atoms with van der Waals surface area (Å²) in [6.07, 6.45) is 2.28. The summed E-state index contributed by atoms with van der Waals surface area (Å²) in [4.78, 5) is 9.43. The van der Waals surface area contributed by atoms with Crippen molar-refractivity contribution >= 4 is 40.0 Å². The van der Waals surface area contributed by atoms with Crippen molar-refractivity contribution in [3.63, 3.8) is 0 Å². The van der Waals surface area contributed by atoms with E-state index >= 15 is 0 Å². The van der Waals surface area contributed by atoms with Crippen LogP contribution < -0.4 is 5.73 Å². The van der Waals surface area contributed by atoms with Crippen LogP contribution in [0.2, 0.25) is 5.02 Å². The molecule has 18 heavy (non-hydrogen) atoms. The lowest BCUT2D eigenvalue weighted by Crippen LogP contribution is -2.14. The maximum atomic E-state index is 5.93. The zero-order valence-electron chi connectivity index (χ0n) is 10.4. The van der Waals surface area contributed by atoms with Crippen molar-refractivity contribution in [2.75, 3.05) is 0 Å². The van der Waals surface area contributed by atoms with Crippen LogP contribution in [0.15, 0.2) is 12.3 Å². The molecule has 0 atom stereocenters. The molecular formula is C12H15ClN4S. The van der Waals surface area contributed by atoms with Crippen LogP contribution in [0.3, 0.4) is 0 Å². The molecule has 2 aromatic rings. The van der Waals surface area contributed by atoms with Crippen LogP contribution >= 0.6 is 23.8 Å². The maximum absolute atomic E-state index is 5.93. The standard InChI is InChI=1S/C12H15ClN4S/c1-7(2)11-16-9-5-8(13)6-15-12(9)17(11)4-3-10(14)18/h5-7H,3-4H2,1-2H3,(H2,14,18). The Bertz CT molecular complexity index is 591. The molecule has 4 nitrogen and oxygen atoms in total. The third-order valence-corrected chi connectivity index (χ3v) is 3.09. The van der Waals surface area contributed by atoms with Gasteiger partial charge in [-0.05, 0) is 6.07 Å². The SMILES string of the molecule is CC(C)c1nc2cc(Cl)cnc2n1CCC(N)=S. The minimum Gasteiger partial charge on any atom is -0.393 e. The van der Waals surface area contributed by atoms with Crippen molar-refractivity contribution in [1.82, 2.24) is 14.5 Å². The average molecular weight is 283 g/mol. The molecular weight excluding hydrogens is 268 g/mol. The van der Waals surface area contributed by atoms with E-state index in [9.17, 15) is 0 Å². The molecule has 0 saturated heterocycles. The van der Waals surface area contributed by atoms with Gasteiger partial charge in [0.15, 0.2) is 5.65 Å². The van der Waals surface area contributed by atoms with Crippen LogP contribution in [0, 0.1) is 0 Å². The molecule has 0 saturated carbocycles. The van der Waals surface area contributed by atoms with Gasteiger partial charge in [-0.3, -0.25) is 0 Å². The number of hydrogen-bond acceptors (Lipinski definition) is 3.